The Morgan fingerprint density at radius 2 is 2.38 bits per heavy atom. The maximum atomic E-state index is 3.96. The van der Waals surface area contributed by atoms with Gasteiger partial charge in [-0.05, 0) is 19.3 Å². The Hall–Kier alpha value is -0.530. The molecule has 1 aliphatic rings. The van der Waals surface area contributed by atoms with Crippen LogP contribution in [0.1, 0.15) is 20.3 Å². The number of nitrogens with zero attached hydrogens (tertiary/aromatic N) is 1. The number of rotatable bonds is 0. The van der Waals surface area contributed by atoms with Gasteiger partial charge in [-0.25, -0.2) is 0 Å². The van der Waals surface area contributed by atoms with Crippen molar-refractivity contribution in [1.29, 1.82) is 0 Å². The molecule has 1 N–H and O–H groups in total. The summed E-state index contributed by atoms with van der Waals surface area (Å²) in [7, 11) is 0. The van der Waals surface area contributed by atoms with Crippen molar-refractivity contribution in [2.24, 2.45) is 11.0 Å². The summed E-state index contributed by atoms with van der Waals surface area (Å²) in [6.07, 6.45) is 3.17. The molecule has 8 heavy (non-hydrogen) atoms. The second-order valence-electron chi connectivity index (χ2n) is 2.52. The summed E-state index contributed by atoms with van der Waals surface area (Å²) in [6.45, 7) is 4.33. The van der Waals surface area contributed by atoms with Crippen molar-refractivity contribution < 1.29 is 0 Å². The van der Waals surface area contributed by atoms with E-state index >= 15 is 0 Å². The third kappa shape index (κ3) is 1.22. The zero-order valence-corrected chi connectivity index (χ0v) is 5.39. The van der Waals surface area contributed by atoms with Gasteiger partial charge in [0.2, 0.25) is 0 Å². The molecule has 0 saturated carbocycles. The molecule has 0 amide bonds. The first-order chi connectivity index (χ1) is 3.79. The van der Waals surface area contributed by atoms with Crippen molar-refractivity contribution in [3.63, 3.8) is 0 Å². The van der Waals surface area contributed by atoms with Gasteiger partial charge in [-0.3, -0.25) is 0 Å². The van der Waals surface area contributed by atoms with Crippen molar-refractivity contribution in [3.8, 4) is 0 Å². The van der Waals surface area contributed by atoms with Gasteiger partial charge in [-0.2, -0.15) is 5.10 Å². The van der Waals surface area contributed by atoms with Gasteiger partial charge in [0.25, 0.3) is 0 Å². The highest BCUT2D eigenvalue weighted by molar-refractivity contribution is 5.60. The van der Waals surface area contributed by atoms with E-state index in [1.165, 1.54) is 6.42 Å². The standard InChI is InChI=1S/C6H12N2/c1-5-3-6(2)8-7-4-5/h4-6,8H,3H2,1-2H3. The van der Waals surface area contributed by atoms with E-state index in [1.54, 1.807) is 0 Å². The minimum absolute atomic E-state index is 0.565. The van der Waals surface area contributed by atoms with Crippen LogP contribution in [0.25, 0.3) is 0 Å². The molecule has 2 atom stereocenters. The maximum Gasteiger partial charge on any atom is 0.0417 e. The zero-order valence-electron chi connectivity index (χ0n) is 5.39. The average Bonchev–Trinajstić information content (AvgIpc) is 1.64. The van der Waals surface area contributed by atoms with Crippen LogP contribution < -0.4 is 5.43 Å². The van der Waals surface area contributed by atoms with Crippen molar-refractivity contribution in [3.05, 3.63) is 0 Å². The van der Waals surface area contributed by atoms with Gasteiger partial charge in [-0.15, -0.1) is 0 Å². The van der Waals surface area contributed by atoms with Crippen LogP contribution in [0.2, 0.25) is 0 Å². The minimum atomic E-state index is 0.565. The van der Waals surface area contributed by atoms with Gasteiger partial charge < -0.3 is 5.43 Å². The lowest BCUT2D eigenvalue weighted by molar-refractivity contribution is 0.467. The Balaban J connectivity index is 2.42. The van der Waals surface area contributed by atoms with Crippen LogP contribution in [0.5, 0.6) is 0 Å². The predicted molar refractivity (Wildman–Crippen MR) is 34.9 cm³/mol. The molecule has 0 aromatic heterocycles. The van der Waals surface area contributed by atoms with E-state index in [9.17, 15) is 0 Å². The molecule has 1 rings (SSSR count). The molecule has 0 radical (unpaired) electrons. The van der Waals surface area contributed by atoms with Crippen LogP contribution in [0.4, 0.5) is 0 Å². The molecule has 1 aliphatic heterocycles. The van der Waals surface area contributed by atoms with Crippen LogP contribution in [0.3, 0.4) is 0 Å². The predicted octanol–water partition coefficient (Wildman–Crippen LogP) is 0.990. The summed E-state index contributed by atoms with van der Waals surface area (Å²) in [5.74, 6) is 0.659. The van der Waals surface area contributed by atoms with E-state index in [0.717, 1.165) is 0 Å². The highest BCUT2D eigenvalue weighted by atomic mass is 15.3. The maximum absolute atomic E-state index is 3.96. The smallest absolute Gasteiger partial charge is 0.0417 e. The molecule has 0 saturated heterocycles. The van der Waals surface area contributed by atoms with Gasteiger partial charge in [-0.1, -0.05) is 6.92 Å². The third-order valence-corrected chi connectivity index (χ3v) is 1.35. The fraction of sp³-hybridized carbons (Fsp3) is 0.833. The molecule has 2 nitrogen and oxygen atoms in total. The van der Waals surface area contributed by atoms with Gasteiger partial charge in [0.1, 0.15) is 0 Å². The Morgan fingerprint density at radius 1 is 1.62 bits per heavy atom. The Labute approximate surface area is 50.0 Å². The molecular weight excluding hydrogens is 100 g/mol. The van der Waals surface area contributed by atoms with Gasteiger partial charge >= 0.3 is 0 Å². The van der Waals surface area contributed by atoms with Crippen molar-refractivity contribution in [1.82, 2.24) is 5.43 Å². The van der Waals surface area contributed by atoms with Crippen molar-refractivity contribution in [2.75, 3.05) is 0 Å². The lowest BCUT2D eigenvalue weighted by Gasteiger charge is -2.18. The molecule has 0 bridgehead atoms. The number of hydrogen-bond acceptors (Lipinski definition) is 2. The second-order valence-corrected chi connectivity index (χ2v) is 2.52. The van der Waals surface area contributed by atoms with E-state index in [4.69, 9.17) is 0 Å². The monoisotopic (exact) mass is 112 g/mol. The van der Waals surface area contributed by atoms with Crippen LogP contribution >= 0.6 is 0 Å². The quantitative estimate of drug-likeness (QED) is 0.496. The molecular formula is C6H12N2. The largest absolute Gasteiger partial charge is 0.308 e. The van der Waals surface area contributed by atoms with Gasteiger partial charge in [0, 0.05) is 12.3 Å². The topological polar surface area (TPSA) is 24.4 Å². The van der Waals surface area contributed by atoms with E-state index in [1.807, 2.05) is 6.21 Å². The minimum Gasteiger partial charge on any atom is -0.308 e. The first kappa shape index (κ1) is 5.60. The summed E-state index contributed by atoms with van der Waals surface area (Å²) < 4.78 is 0. The summed E-state index contributed by atoms with van der Waals surface area (Å²) in [4.78, 5) is 0. The molecule has 0 aromatic carbocycles. The molecule has 2 unspecified atom stereocenters. The molecule has 0 fully saturated rings. The molecule has 0 spiro atoms. The van der Waals surface area contributed by atoms with Crippen LogP contribution in [-0.4, -0.2) is 12.3 Å². The lowest BCUT2D eigenvalue weighted by Crippen LogP contribution is -2.28. The number of hydrazone groups is 1. The van der Waals surface area contributed by atoms with Gasteiger partial charge in [0.05, 0.1) is 0 Å². The fourth-order valence-electron chi connectivity index (χ4n) is 0.969. The molecule has 0 aromatic rings. The molecule has 1 heterocycles. The first-order valence-electron chi connectivity index (χ1n) is 3.08. The zero-order chi connectivity index (χ0) is 5.98. The Morgan fingerprint density at radius 3 is 2.75 bits per heavy atom. The lowest BCUT2D eigenvalue weighted by atomic mass is 10.0. The van der Waals surface area contributed by atoms with Crippen LogP contribution in [0.15, 0.2) is 5.10 Å². The molecule has 2 heteroatoms. The Bertz CT molecular complexity index is 98.7. The summed E-state index contributed by atoms with van der Waals surface area (Å²) >= 11 is 0. The summed E-state index contributed by atoms with van der Waals surface area (Å²) in [6, 6.07) is 0.565. The van der Waals surface area contributed by atoms with E-state index < -0.39 is 0 Å². The fourth-order valence-corrected chi connectivity index (χ4v) is 0.969. The van der Waals surface area contributed by atoms with E-state index in [2.05, 4.69) is 24.4 Å². The van der Waals surface area contributed by atoms with Crippen molar-refractivity contribution >= 4 is 6.21 Å². The van der Waals surface area contributed by atoms with Crippen molar-refractivity contribution in [2.45, 2.75) is 26.3 Å². The first-order valence-corrected chi connectivity index (χ1v) is 3.08. The van der Waals surface area contributed by atoms with E-state index in [-0.39, 0.29) is 0 Å². The highest BCUT2D eigenvalue weighted by Crippen LogP contribution is 2.05. The molecule has 0 aliphatic carbocycles. The number of nitrogens with one attached hydrogen (secondary N) is 1. The third-order valence-electron chi connectivity index (χ3n) is 1.35. The summed E-state index contributed by atoms with van der Waals surface area (Å²) in [5, 5.41) is 3.96. The highest BCUT2D eigenvalue weighted by Gasteiger charge is 2.08. The molecule has 46 valence electrons. The van der Waals surface area contributed by atoms with Crippen LogP contribution in [0, 0.1) is 5.92 Å². The normalized spacial score (nSPS) is 36.8. The second kappa shape index (κ2) is 2.16. The Kier molecular flexibility index (Phi) is 1.51. The van der Waals surface area contributed by atoms with Crippen LogP contribution in [-0.2, 0) is 0 Å². The SMILES string of the molecule is CC1C=NNC(C)C1. The van der Waals surface area contributed by atoms with Gasteiger partial charge in [0.15, 0.2) is 0 Å². The summed E-state index contributed by atoms with van der Waals surface area (Å²) in [5.41, 5.74) is 2.98. The van der Waals surface area contributed by atoms with E-state index in [0.29, 0.717) is 12.0 Å². The number of hydrogen-bond donors (Lipinski definition) is 1. The average molecular weight is 112 g/mol.